The minimum atomic E-state index is -4.14. The largest absolute Gasteiger partial charge is 0.398 e. The number of sulfonamides is 1. The number of nitrogens with zero attached hydrogens (tertiary/aromatic N) is 1. The predicted octanol–water partition coefficient (Wildman–Crippen LogP) is 0.679. The van der Waals surface area contributed by atoms with Crippen LogP contribution in [0.1, 0.15) is 6.42 Å². The minimum Gasteiger partial charge on any atom is -0.398 e. The lowest BCUT2D eigenvalue weighted by molar-refractivity contribution is -0.127. The Morgan fingerprint density at radius 3 is 2.70 bits per heavy atom. The van der Waals surface area contributed by atoms with Crippen LogP contribution in [0.15, 0.2) is 21.5 Å². The maximum Gasteiger partial charge on any atom is 0.244 e. The van der Waals surface area contributed by atoms with Crippen LogP contribution in [0.25, 0.3) is 0 Å². The van der Waals surface area contributed by atoms with Crippen LogP contribution in [0, 0.1) is 5.82 Å². The summed E-state index contributed by atoms with van der Waals surface area (Å²) in [6, 6.07) is 1.13. The number of hydrogen-bond donors (Lipinski definition) is 2. The second kappa shape index (κ2) is 5.30. The quantitative estimate of drug-likeness (QED) is 0.770. The number of carbonyl (C=O) groups is 1. The van der Waals surface area contributed by atoms with Crippen LogP contribution in [0.5, 0.6) is 0 Å². The molecule has 6 nitrogen and oxygen atoms in total. The van der Waals surface area contributed by atoms with Crippen molar-refractivity contribution in [2.24, 2.45) is 0 Å². The summed E-state index contributed by atoms with van der Waals surface area (Å²) in [4.78, 5) is 12.5. The molecule has 1 heterocycles. The maximum absolute atomic E-state index is 13.8. The van der Waals surface area contributed by atoms with Gasteiger partial charge in [0.1, 0.15) is 16.8 Å². The average Bonchev–Trinajstić information content (AvgIpc) is 2.65. The summed E-state index contributed by atoms with van der Waals surface area (Å²) in [6.45, 7) is 0.455. The molecule has 1 aromatic carbocycles. The highest BCUT2D eigenvalue weighted by Gasteiger charge is 2.34. The Hall–Kier alpha value is -1.19. The Kier molecular flexibility index (Phi) is 4.03. The van der Waals surface area contributed by atoms with Crippen LogP contribution in [-0.4, -0.2) is 38.9 Å². The standard InChI is InChI=1S/C11H13BrFN3O3S/c1-16-3-2-9(11(16)17)15-20(18,19)10-5-8(14)6(12)4-7(10)13/h4-5,9,15H,2-3,14H2,1H3. The molecule has 1 aliphatic heterocycles. The number of rotatable bonds is 3. The first kappa shape index (κ1) is 15.2. The number of benzene rings is 1. The first-order valence-corrected chi connectivity index (χ1v) is 8.02. The Morgan fingerprint density at radius 2 is 2.15 bits per heavy atom. The van der Waals surface area contributed by atoms with Gasteiger partial charge in [0.15, 0.2) is 0 Å². The van der Waals surface area contributed by atoms with Gasteiger partial charge in [-0.15, -0.1) is 0 Å². The zero-order chi connectivity index (χ0) is 15.1. The van der Waals surface area contributed by atoms with Gasteiger partial charge in [0, 0.05) is 23.8 Å². The van der Waals surface area contributed by atoms with Crippen molar-refractivity contribution in [1.82, 2.24) is 9.62 Å². The number of anilines is 1. The number of nitrogens with one attached hydrogen (secondary N) is 1. The molecule has 1 atom stereocenters. The Bertz CT molecular complexity index is 665. The number of amides is 1. The summed E-state index contributed by atoms with van der Waals surface area (Å²) < 4.78 is 40.5. The van der Waals surface area contributed by atoms with Crippen molar-refractivity contribution in [2.75, 3.05) is 19.3 Å². The zero-order valence-corrected chi connectivity index (χ0v) is 13.0. The van der Waals surface area contributed by atoms with E-state index in [1.54, 1.807) is 7.05 Å². The monoisotopic (exact) mass is 365 g/mol. The Labute approximate surface area is 124 Å². The van der Waals surface area contributed by atoms with Gasteiger partial charge in [-0.05, 0) is 34.5 Å². The van der Waals surface area contributed by atoms with Crippen molar-refractivity contribution in [2.45, 2.75) is 17.4 Å². The number of hydrogen-bond acceptors (Lipinski definition) is 4. The Morgan fingerprint density at radius 1 is 1.50 bits per heavy atom. The second-order valence-electron chi connectivity index (χ2n) is 4.53. The number of halogens is 2. The van der Waals surface area contributed by atoms with E-state index in [4.69, 9.17) is 5.73 Å². The summed E-state index contributed by atoms with van der Waals surface area (Å²) in [6.07, 6.45) is 0.349. The van der Waals surface area contributed by atoms with Crippen molar-refractivity contribution in [3.63, 3.8) is 0 Å². The third-order valence-electron chi connectivity index (χ3n) is 3.07. The fraction of sp³-hybridized carbons (Fsp3) is 0.364. The molecular formula is C11H13BrFN3O3S. The first-order valence-electron chi connectivity index (χ1n) is 5.74. The predicted molar refractivity (Wildman–Crippen MR) is 74.9 cm³/mol. The molecule has 1 unspecified atom stereocenters. The number of nitrogen functional groups attached to an aromatic ring is 1. The van der Waals surface area contributed by atoms with Crippen molar-refractivity contribution in [1.29, 1.82) is 0 Å². The van der Waals surface area contributed by atoms with Crippen LogP contribution in [-0.2, 0) is 14.8 Å². The molecule has 0 aromatic heterocycles. The highest BCUT2D eigenvalue weighted by Crippen LogP contribution is 2.26. The van der Waals surface area contributed by atoms with E-state index in [-0.39, 0.29) is 16.1 Å². The molecule has 0 spiro atoms. The number of carbonyl (C=O) groups excluding carboxylic acids is 1. The van der Waals surface area contributed by atoms with Crippen molar-refractivity contribution >= 4 is 37.5 Å². The van der Waals surface area contributed by atoms with Gasteiger partial charge in [0.25, 0.3) is 0 Å². The highest BCUT2D eigenvalue weighted by molar-refractivity contribution is 9.10. The molecule has 9 heteroatoms. The van der Waals surface area contributed by atoms with Crippen LogP contribution >= 0.6 is 15.9 Å². The molecular weight excluding hydrogens is 353 g/mol. The molecule has 1 fully saturated rings. The zero-order valence-electron chi connectivity index (χ0n) is 10.6. The normalized spacial score (nSPS) is 19.6. The molecule has 110 valence electrons. The summed E-state index contributed by atoms with van der Waals surface area (Å²) in [5, 5.41) is 0. The maximum atomic E-state index is 13.8. The van der Waals surface area contributed by atoms with E-state index < -0.39 is 26.8 Å². The third kappa shape index (κ3) is 2.79. The summed E-state index contributed by atoms with van der Waals surface area (Å²) in [5.41, 5.74) is 5.66. The molecule has 0 saturated carbocycles. The van der Waals surface area contributed by atoms with E-state index in [0.717, 1.165) is 12.1 Å². The lowest BCUT2D eigenvalue weighted by Gasteiger charge is -2.13. The van der Waals surface area contributed by atoms with Gasteiger partial charge in [-0.1, -0.05) is 0 Å². The molecule has 1 amide bonds. The third-order valence-corrected chi connectivity index (χ3v) is 5.24. The Balaban J connectivity index is 2.32. The van der Waals surface area contributed by atoms with Crippen LogP contribution < -0.4 is 10.5 Å². The smallest absolute Gasteiger partial charge is 0.244 e. The van der Waals surface area contributed by atoms with E-state index in [9.17, 15) is 17.6 Å². The fourth-order valence-corrected chi connectivity index (χ4v) is 3.57. The van der Waals surface area contributed by atoms with Crippen molar-refractivity contribution in [3.8, 4) is 0 Å². The number of likely N-dealkylation sites (N-methyl/N-ethyl adjacent to an activating group) is 1. The summed E-state index contributed by atoms with van der Waals surface area (Å²) >= 11 is 3.01. The molecule has 3 N–H and O–H groups in total. The van der Waals surface area contributed by atoms with Crippen molar-refractivity contribution < 1.29 is 17.6 Å². The average molecular weight is 366 g/mol. The van der Waals surface area contributed by atoms with Gasteiger partial charge in [0.2, 0.25) is 15.9 Å². The van der Waals surface area contributed by atoms with Crippen LogP contribution in [0.3, 0.4) is 0 Å². The van der Waals surface area contributed by atoms with Crippen LogP contribution in [0.2, 0.25) is 0 Å². The van der Waals surface area contributed by atoms with Crippen molar-refractivity contribution in [3.05, 3.63) is 22.4 Å². The molecule has 0 aliphatic carbocycles. The van der Waals surface area contributed by atoms with Gasteiger partial charge in [-0.2, -0.15) is 4.72 Å². The number of nitrogens with two attached hydrogens (primary N) is 1. The van der Waals surface area contributed by atoms with E-state index in [1.807, 2.05) is 0 Å². The molecule has 20 heavy (non-hydrogen) atoms. The van der Waals surface area contributed by atoms with Gasteiger partial charge in [-0.3, -0.25) is 4.79 Å². The first-order chi connectivity index (χ1) is 9.22. The van der Waals surface area contributed by atoms with E-state index >= 15 is 0 Å². The summed E-state index contributed by atoms with van der Waals surface area (Å²) in [5.74, 6) is -1.27. The molecule has 1 saturated heterocycles. The molecule has 1 aromatic rings. The van der Waals surface area contributed by atoms with Crippen LogP contribution in [0.4, 0.5) is 10.1 Å². The van der Waals surface area contributed by atoms with Gasteiger partial charge in [0.05, 0.1) is 0 Å². The lowest BCUT2D eigenvalue weighted by Crippen LogP contribution is -2.40. The van der Waals surface area contributed by atoms with Gasteiger partial charge in [-0.25, -0.2) is 12.8 Å². The van der Waals surface area contributed by atoms with Gasteiger partial charge >= 0.3 is 0 Å². The molecule has 0 bridgehead atoms. The fourth-order valence-electron chi connectivity index (χ4n) is 1.93. The minimum absolute atomic E-state index is 0.0987. The topological polar surface area (TPSA) is 92.5 Å². The lowest BCUT2D eigenvalue weighted by atomic mass is 10.3. The van der Waals surface area contributed by atoms with Gasteiger partial charge < -0.3 is 10.6 Å². The SMILES string of the molecule is CN1CCC(NS(=O)(=O)c2cc(N)c(Br)cc2F)C1=O. The van der Waals surface area contributed by atoms with E-state index in [2.05, 4.69) is 20.7 Å². The highest BCUT2D eigenvalue weighted by atomic mass is 79.9. The second-order valence-corrected chi connectivity index (χ2v) is 7.06. The number of likely N-dealkylation sites (tertiary alicyclic amines) is 1. The van der Waals surface area contributed by atoms with E-state index in [0.29, 0.717) is 13.0 Å². The molecule has 1 aliphatic rings. The van der Waals surface area contributed by atoms with E-state index in [1.165, 1.54) is 4.90 Å². The molecule has 2 rings (SSSR count). The summed E-state index contributed by atoms with van der Waals surface area (Å²) in [7, 11) is -2.57. The molecule has 0 radical (unpaired) electrons.